The molecule has 0 unspecified atom stereocenters. The molecule has 1 amide bonds. The molecule has 0 radical (unpaired) electrons. The van der Waals surface area contributed by atoms with E-state index >= 15 is 0 Å². The van der Waals surface area contributed by atoms with Gasteiger partial charge in [-0.15, -0.1) is 0 Å². The summed E-state index contributed by atoms with van der Waals surface area (Å²) in [5, 5.41) is 6.60. The number of amides is 1. The van der Waals surface area contributed by atoms with Gasteiger partial charge in [-0.05, 0) is 47.9 Å². The molecular weight excluding hydrogens is 358 g/mol. The van der Waals surface area contributed by atoms with Gasteiger partial charge in [0.1, 0.15) is 0 Å². The van der Waals surface area contributed by atoms with Gasteiger partial charge in [-0.3, -0.25) is 9.78 Å². The Morgan fingerprint density at radius 3 is 2.44 bits per heavy atom. The van der Waals surface area contributed by atoms with Crippen molar-refractivity contribution in [3.8, 4) is 11.3 Å². The molecule has 2 aromatic carbocycles. The first-order valence-corrected chi connectivity index (χ1v) is 9.21. The van der Waals surface area contributed by atoms with Gasteiger partial charge >= 0.3 is 0 Å². The average Bonchev–Trinajstić information content (AvgIpc) is 2.68. The summed E-state index contributed by atoms with van der Waals surface area (Å²) in [7, 11) is 1.79. The van der Waals surface area contributed by atoms with Crippen LogP contribution < -0.4 is 10.6 Å². The van der Waals surface area contributed by atoms with Crippen LogP contribution in [-0.4, -0.2) is 17.9 Å². The number of benzene rings is 2. The van der Waals surface area contributed by atoms with Gasteiger partial charge in [-0.2, -0.15) is 0 Å². The zero-order valence-corrected chi connectivity index (χ0v) is 16.3. The Morgan fingerprint density at radius 2 is 1.81 bits per heavy atom. The highest BCUT2D eigenvalue weighted by Gasteiger charge is 2.14. The predicted octanol–water partition coefficient (Wildman–Crippen LogP) is 5.82. The number of nitrogens with one attached hydrogen (secondary N) is 2. The van der Waals surface area contributed by atoms with E-state index in [2.05, 4.69) is 29.5 Å². The number of aromatic nitrogens is 1. The maximum atomic E-state index is 12.7. The third kappa shape index (κ3) is 4.29. The van der Waals surface area contributed by atoms with E-state index in [0.29, 0.717) is 27.9 Å². The minimum atomic E-state index is -0.171. The highest BCUT2D eigenvalue weighted by atomic mass is 35.5. The van der Waals surface area contributed by atoms with Crippen LogP contribution in [0.25, 0.3) is 11.3 Å². The summed E-state index contributed by atoms with van der Waals surface area (Å²) in [5.74, 6) is 0.284. The molecule has 1 aromatic heterocycles. The molecule has 0 aliphatic rings. The summed E-state index contributed by atoms with van der Waals surface area (Å²) in [5.41, 5.74) is 4.81. The monoisotopic (exact) mass is 379 g/mol. The van der Waals surface area contributed by atoms with Gasteiger partial charge in [0.25, 0.3) is 5.91 Å². The fraction of sp³-hybridized carbons (Fsp3) is 0.182. The molecular formula is C22H22ClN3O. The van der Waals surface area contributed by atoms with Gasteiger partial charge in [0.15, 0.2) is 0 Å². The van der Waals surface area contributed by atoms with Crippen LogP contribution in [0.5, 0.6) is 0 Å². The summed E-state index contributed by atoms with van der Waals surface area (Å²) < 4.78 is 0. The highest BCUT2D eigenvalue weighted by Crippen LogP contribution is 2.29. The van der Waals surface area contributed by atoms with Crippen LogP contribution in [-0.2, 0) is 0 Å². The molecule has 5 heteroatoms. The smallest absolute Gasteiger partial charge is 0.257 e. The van der Waals surface area contributed by atoms with E-state index in [1.165, 1.54) is 5.56 Å². The van der Waals surface area contributed by atoms with E-state index in [0.717, 1.165) is 11.3 Å². The summed E-state index contributed by atoms with van der Waals surface area (Å²) in [6.45, 7) is 4.28. The maximum absolute atomic E-state index is 12.7. The van der Waals surface area contributed by atoms with Crippen molar-refractivity contribution in [2.45, 2.75) is 19.8 Å². The minimum absolute atomic E-state index is 0.171. The van der Waals surface area contributed by atoms with E-state index in [9.17, 15) is 4.79 Å². The first-order chi connectivity index (χ1) is 13.0. The Morgan fingerprint density at radius 1 is 1.07 bits per heavy atom. The number of rotatable bonds is 5. The largest absolute Gasteiger partial charge is 0.387 e. The van der Waals surface area contributed by atoms with Gasteiger partial charge in [0.05, 0.1) is 16.3 Å². The van der Waals surface area contributed by atoms with Crippen molar-refractivity contribution < 1.29 is 4.79 Å². The van der Waals surface area contributed by atoms with Gasteiger partial charge < -0.3 is 10.6 Å². The summed E-state index contributed by atoms with van der Waals surface area (Å²) in [6, 6.07) is 17.0. The Bertz CT molecular complexity index is 952. The third-order valence-electron chi connectivity index (χ3n) is 4.40. The molecule has 0 fully saturated rings. The molecule has 2 N–H and O–H groups in total. The zero-order valence-electron chi connectivity index (χ0n) is 15.6. The molecule has 0 saturated carbocycles. The Labute approximate surface area is 164 Å². The second-order valence-electron chi connectivity index (χ2n) is 6.58. The average molecular weight is 380 g/mol. The molecule has 0 atom stereocenters. The van der Waals surface area contributed by atoms with Crippen LogP contribution in [0.4, 0.5) is 11.4 Å². The van der Waals surface area contributed by atoms with Crippen LogP contribution in [0.2, 0.25) is 5.02 Å². The molecule has 3 rings (SSSR count). The lowest BCUT2D eigenvalue weighted by atomic mass is 10.0. The quantitative estimate of drug-likeness (QED) is 0.587. The van der Waals surface area contributed by atoms with E-state index in [-0.39, 0.29) is 5.91 Å². The van der Waals surface area contributed by atoms with Crippen molar-refractivity contribution in [1.82, 2.24) is 4.98 Å². The van der Waals surface area contributed by atoms with Crippen molar-refractivity contribution in [3.05, 3.63) is 76.9 Å². The van der Waals surface area contributed by atoms with Gasteiger partial charge in [-0.1, -0.05) is 43.6 Å². The molecule has 138 valence electrons. The van der Waals surface area contributed by atoms with Gasteiger partial charge in [0, 0.05) is 30.2 Å². The standard InChI is InChI=1S/C22H22ClN3O/c1-14(2)15-6-9-17(10-7-15)26-22(27)18-11-8-16(13-20(18)24-3)21-19(23)5-4-12-25-21/h4-14,24H,1-3H3,(H,26,27). The second kappa shape index (κ2) is 8.23. The molecule has 0 spiro atoms. The summed E-state index contributed by atoms with van der Waals surface area (Å²) in [6.07, 6.45) is 1.70. The van der Waals surface area contributed by atoms with Crippen molar-refractivity contribution in [2.24, 2.45) is 0 Å². The Balaban J connectivity index is 1.85. The van der Waals surface area contributed by atoms with Gasteiger partial charge in [-0.25, -0.2) is 0 Å². The molecule has 0 bridgehead atoms. The van der Waals surface area contributed by atoms with Crippen molar-refractivity contribution in [1.29, 1.82) is 0 Å². The highest BCUT2D eigenvalue weighted by molar-refractivity contribution is 6.33. The van der Waals surface area contributed by atoms with Crippen LogP contribution in [0, 0.1) is 0 Å². The predicted molar refractivity (Wildman–Crippen MR) is 113 cm³/mol. The summed E-state index contributed by atoms with van der Waals surface area (Å²) in [4.78, 5) is 17.1. The number of carbonyl (C=O) groups excluding carboxylic acids is 1. The van der Waals surface area contributed by atoms with E-state index in [1.807, 2.05) is 36.4 Å². The Hall–Kier alpha value is -2.85. The fourth-order valence-electron chi connectivity index (χ4n) is 2.84. The van der Waals surface area contributed by atoms with E-state index < -0.39 is 0 Å². The lowest BCUT2D eigenvalue weighted by Gasteiger charge is -2.13. The Kier molecular flexibility index (Phi) is 5.77. The maximum Gasteiger partial charge on any atom is 0.257 e. The number of hydrogen-bond acceptors (Lipinski definition) is 3. The zero-order chi connectivity index (χ0) is 19.4. The lowest BCUT2D eigenvalue weighted by Crippen LogP contribution is -2.14. The molecule has 1 heterocycles. The number of nitrogens with zero attached hydrogens (tertiary/aromatic N) is 1. The molecule has 0 aliphatic heterocycles. The number of anilines is 2. The second-order valence-corrected chi connectivity index (χ2v) is 6.98. The third-order valence-corrected chi connectivity index (χ3v) is 4.71. The SMILES string of the molecule is CNc1cc(-c2ncccc2Cl)ccc1C(=O)Nc1ccc(C(C)C)cc1. The molecule has 4 nitrogen and oxygen atoms in total. The van der Waals surface area contributed by atoms with Crippen LogP contribution >= 0.6 is 11.6 Å². The van der Waals surface area contributed by atoms with E-state index in [4.69, 9.17) is 11.6 Å². The number of pyridine rings is 1. The minimum Gasteiger partial charge on any atom is -0.387 e. The fourth-order valence-corrected chi connectivity index (χ4v) is 3.07. The van der Waals surface area contributed by atoms with E-state index in [1.54, 1.807) is 31.4 Å². The summed E-state index contributed by atoms with van der Waals surface area (Å²) >= 11 is 6.24. The first kappa shape index (κ1) is 18.9. The molecule has 27 heavy (non-hydrogen) atoms. The molecule has 3 aromatic rings. The van der Waals surface area contributed by atoms with Crippen molar-refractivity contribution in [3.63, 3.8) is 0 Å². The van der Waals surface area contributed by atoms with Crippen LogP contribution in [0.3, 0.4) is 0 Å². The topological polar surface area (TPSA) is 54.0 Å². The molecule has 0 saturated heterocycles. The first-order valence-electron chi connectivity index (χ1n) is 8.83. The molecule has 0 aliphatic carbocycles. The van der Waals surface area contributed by atoms with Crippen LogP contribution in [0.1, 0.15) is 35.7 Å². The lowest BCUT2D eigenvalue weighted by molar-refractivity contribution is 0.102. The number of carbonyl (C=O) groups is 1. The number of halogens is 1. The number of hydrogen-bond donors (Lipinski definition) is 2. The normalized spacial score (nSPS) is 10.7. The van der Waals surface area contributed by atoms with Crippen molar-refractivity contribution >= 4 is 28.9 Å². The van der Waals surface area contributed by atoms with Crippen LogP contribution in [0.15, 0.2) is 60.8 Å². The van der Waals surface area contributed by atoms with Gasteiger partial charge in [0.2, 0.25) is 0 Å². The van der Waals surface area contributed by atoms with Crippen molar-refractivity contribution in [2.75, 3.05) is 17.7 Å².